The molecule has 0 amide bonds. The molecule has 0 radical (unpaired) electrons. The van der Waals surface area contributed by atoms with E-state index < -0.39 is 11.2 Å². The third-order valence-corrected chi connectivity index (χ3v) is 6.08. The molecule has 0 saturated heterocycles. The van der Waals surface area contributed by atoms with Crippen molar-refractivity contribution in [2.45, 2.75) is 131 Å². The number of aliphatic hydroxyl groups excluding tert-OH is 1. The zero-order valence-corrected chi connectivity index (χ0v) is 21.2. The molecule has 0 unspecified atom stereocenters. The van der Waals surface area contributed by atoms with E-state index in [0.29, 0.717) is 0 Å². The normalized spacial score (nSPS) is 15.1. The van der Waals surface area contributed by atoms with Crippen molar-refractivity contribution in [2.75, 3.05) is 6.61 Å². The van der Waals surface area contributed by atoms with Gasteiger partial charge in [0.1, 0.15) is 0 Å². The first kappa shape index (κ1) is 30.8. The lowest BCUT2D eigenvalue weighted by molar-refractivity contribution is -0.107. The van der Waals surface area contributed by atoms with Crippen molar-refractivity contribution in [2.24, 2.45) is 17.8 Å². The highest BCUT2D eigenvalue weighted by Gasteiger charge is 2.31. The highest BCUT2D eigenvalue weighted by molar-refractivity contribution is 4.97. The third kappa shape index (κ3) is 20.7. The van der Waals surface area contributed by atoms with Gasteiger partial charge in [-0.15, -0.1) is 0 Å². The van der Waals surface area contributed by atoms with Gasteiger partial charge in [0, 0.05) is 0 Å². The Morgan fingerprint density at radius 2 is 1.10 bits per heavy atom. The van der Waals surface area contributed by atoms with E-state index in [-0.39, 0.29) is 6.61 Å². The molecule has 0 aliphatic carbocycles. The van der Waals surface area contributed by atoms with Gasteiger partial charge in [-0.05, 0) is 65.2 Å². The van der Waals surface area contributed by atoms with Crippen molar-refractivity contribution < 1.29 is 15.3 Å². The summed E-state index contributed by atoms with van der Waals surface area (Å²) in [5.74, 6) is 2.63. The van der Waals surface area contributed by atoms with E-state index >= 15 is 0 Å². The monoisotopic (exact) mass is 414 g/mol. The van der Waals surface area contributed by atoms with Gasteiger partial charge < -0.3 is 15.3 Å². The number of aliphatic hydroxyl groups is 3. The first-order chi connectivity index (χ1) is 13.2. The standard InChI is InChI=1S/C20H40O.C6H14O2/c1-17(2)9-6-10-18(3)11-7-12-19(4)13-8-14-20(5)15-16-21;1-5(2,7)6(3,4)8/h15,17-19,21H,6-14,16H2,1-5H3;7-8H,1-4H3/b20-15+;/t18-,19-;/m1./s1. The molecule has 0 spiro atoms. The van der Waals surface area contributed by atoms with Gasteiger partial charge in [-0.1, -0.05) is 84.3 Å². The largest absolute Gasteiger partial charge is 0.392 e. The van der Waals surface area contributed by atoms with Gasteiger partial charge in [0.25, 0.3) is 0 Å². The lowest BCUT2D eigenvalue weighted by atomic mass is 9.90. The molecule has 0 fully saturated rings. The summed E-state index contributed by atoms with van der Waals surface area (Å²) in [5.41, 5.74) is -0.677. The van der Waals surface area contributed by atoms with Gasteiger partial charge in [0.05, 0.1) is 17.8 Å². The molecule has 0 rings (SSSR count). The van der Waals surface area contributed by atoms with E-state index in [1.165, 1.54) is 56.9 Å². The number of allylic oxidation sites excluding steroid dienone is 1. The molecule has 3 N–H and O–H groups in total. The van der Waals surface area contributed by atoms with Crippen molar-refractivity contribution in [1.29, 1.82) is 0 Å². The predicted molar refractivity (Wildman–Crippen MR) is 128 cm³/mol. The van der Waals surface area contributed by atoms with E-state index in [2.05, 4.69) is 34.6 Å². The molecule has 0 saturated carbocycles. The van der Waals surface area contributed by atoms with E-state index in [1.54, 1.807) is 27.7 Å². The van der Waals surface area contributed by atoms with Crippen molar-refractivity contribution in [3.05, 3.63) is 11.6 Å². The average Bonchev–Trinajstić information content (AvgIpc) is 2.53. The molecule has 0 aromatic carbocycles. The minimum Gasteiger partial charge on any atom is -0.392 e. The Hall–Kier alpha value is -0.380. The molecule has 3 heteroatoms. The molecule has 0 bridgehead atoms. The second-order valence-electron chi connectivity index (χ2n) is 10.7. The molecule has 29 heavy (non-hydrogen) atoms. The van der Waals surface area contributed by atoms with Gasteiger partial charge in [0.15, 0.2) is 0 Å². The zero-order chi connectivity index (χ0) is 23.1. The molecular formula is C26H54O3. The van der Waals surface area contributed by atoms with E-state index in [0.717, 1.165) is 24.2 Å². The van der Waals surface area contributed by atoms with Crippen LogP contribution in [0.3, 0.4) is 0 Å². The van der Waals surface area contributed by atoms with Crippen molar-refractivity contribution in [3.8, 4) is 0 Å². The highest BCUT2D eigenvalue weighted by Crippen LogP contribution is 2.22. The van der Waals surface area contributed by atoms with E-state index in [9.17, 15) is 0 Å². The summed E-state index contributed by atoms with van der Waals surface area (Å²) >= 11 is 0. The topological polar surface area (TPSA) is 60.7 Å². The molecule has 0 aliphatic heterocycles. The number of rotatable bonds is 14. The zero-order valence-electron chi connectivity index (χ0n) is 21.2. The summed E-state index contributed by atoms with van der Waals surface area (Å²) in [7, 11) is 0. The van der Waals surface area contributed by atoms with Gasteiger partial charge in [-0.25, -0.2) is 0 Å². The van der Waals surface area contributed by atoms with Crippen molar-refractivity contribution >= 4 is 0 Å². The minimum absolute atomic E-state index is 0.191. The summed E-state index contributed by atoms with van der Waals surface area (Å²) in [4.78, 5) is 0. The molecule has 0 aliphatic rings. The van der Waals surface area contributed by atoms with Gasteiger partial charge in [-0.3, -0.25) is 0 Å². The molecule has 0 heterocycles. The molecule has 176 valence electrons. The van der Waals surface area contributed by atoms with Gasteiger partial charge in [-0.2, -0.15) is 0 Å². The lowest BCUT2D eigenvalue weighted by Crippen LogP contribution is -2.44. The molecule has 0 aromatic rings. The molecule has 2 atom stereocenters. The molecular weight excluding hydrogens is 360 g/mol. The quantitative estimate of drug-likeness (QED) is 0.271. The van der Waals surface area contributed by atoms with Crippen LogP contribution >= 0.6 is 0 Å². The Morgan fingerprint density at radius 3 is 1.45 bits per heavy atom. The second kappa shape index (κ2) is 16.3. The average molecular weight is 415 g/mol. The van der Waals surface area contributed by atoms with Crippen LogP contribution in [0.1, 0.15) is 120 Å². The van der Waals surface area contributed by atoms with Crippen molar-refractivity contribution in [3.63, 3.8) is 0 Å². The number of hydrogen-bond donors (Lipinski definition) is 3. The first-order valence-electron chi connectivity index (χ1n) is 11.9. The Kier molecular flexibility index (Phi) is 17.3. The molecule has 0 aromatic heterocycles. The predicted octanol–water partition coefficient (Wildman–Crippen LogP) is 6.89. The summed E-state index contributed by atoms with van der Waals surface area (Å²) in [6.45, 7) is 18.1. The first-order valence-corrected chi connectivity index (χ1v) is 11.9. The van der Waals surface area contributed by atoms with Crippen LogP contribution in [0.2, 0.25) is 0 Å². The van der Waals surface area contributed by atoms with Crippen LogP contribution in [0.5, 0.6) is 0 Å². The fourth-order valence-electron chi connectivity index (χ4n) is 2.97. The summed E-state index contributed by atoms with van der Waals surface area (Å²) in [6.07, 6.45) is 14.1. The SMILES string of the molecule is C/C(=C\CO)CCC[C@H](C)CCC[C@H](C)CCCC(C)C.CC(C)(O)C(C)(C)O. The van der Waals surface area contributed by atoms with Crippen LogP contribution in [-0.4, -0.2) is 33.1 Å². The number of hydrogen-bond acceptors (Lipinski definition) is 3. The van der Waals surface area contributed by atoms with Crippen LogP contribution in [0, 0.1) is 17.8 Å². The van der Waals surface area contributed by atoms with Crippen LogP contribution in [0.4, 0.5) is 0 Å². The third-order valence-electron chi connectivity index (χ3n) is 6.08. The Balaban J connectivity index is 0. The fourth-order valence-corrected chi connectivity index (χ4v) is 2.97. The Labute approximate surface area is 183 Å². The van der Waals surface area contributed by atoms with Gasteiger partial charge in [0.2, 0.25) is 0 Å². The summed E-state index contributed by atoms with van der Waals surface area (Å²) in [6, 6.07) is 0. The van der Waals surface area contributed by atoms with E-state index in [1.807, 2.05) is 6.08 Å². The Bertz CT molecular complexity index is 387. The minimum atomic E-state index is -1.01. The van der Waals surface area contributed by atoms with E-state index in [4.69, 9.17) is 15.3 Å². The van der Waals surface area contributed by atoms with Gasteiger partial charge >= 0.3 is 0 Å². The lowest BCUT2D eigenvalue weighted by Gasteiger charge is -2.31. The fraction of sp³-hybridized carbons (Fsp3) is 0.923. The summed E-state index contributed by atoms with van der Waals surface area (Å²) < 4.78 is 0. The maximum atomic E-state index is 9.10. The smallest absolute Gasteiger partial charge is 0.0872 e. The highest BCUT2D eigenvalue weighted by atomic mass is 16.3. The van der Waals surface area contributed by atoms with Crippen LogP contribution in [-0.2, 0) is 0 Å². The van der Waals surface area contributed by atoms with Crippen LogP contribution in [0.25, 0.3) is 0 Å². The second-order valence-corrected chi connectivity index (χ2v) is 10.7. The maximum Gasteiger partial charge on any atom is 0.0872 e. The van der Waals surface area contributed by atoms with Crippen LogP contribution < -0.4 is 0 Å². The maximum absolute atomic E-state index is 9.10. The Morgan fingerprint density at radius 1 is 0.724 bits per heavy atom. The molecule has 3 nitrogen and oxygen atoms in total. The van der Waals surface area contributed by atoms with Crippen LogP contribution in [0.15, 0.2) is 11.6 Å². The van der Waals surface area contributed by atoms with Crippen molar-refractivity contribution in [1.82, 2.24) is 0 Å². The summed E-state index contributed by atoms with van der Waals surface area (Å²) in [5, 5.41) is 27.0.